The first-order valence-electron chi connectivity index (χ1n) is 8.62. The van der Waals surface area contributed by atoms with E-state index in [9.17, 15) is 4.79 Å². The molecule has 132 valence electrons. The van der Waals surface area contributed by atoms with Crippen molar-refractivity contribution in [1.82, 2.24) is 20.1 Å². The molecule has 3 heterocycles. The van der Waals surface area contributed by atoms with Crippen molar-refractivity contribution in [2.24, 2.45) is 5.73 Å². The van der Waals surface area contributed by atoms with Crippen molar-refractivity contribution in [3.8, 4) is 0 Å². The molecule has 7 nitrogen and oxygen atoms in total. The number of nitrogens with zero attached hydrogens (tertiary/aromatic N) is 5. The van der Waals surface area contributed by atoms with Crippen molar-refractivity contribution >= 4 is 11.7 Å². The summed E-state index contributed by atoms with van der Waals surface area (Å²) in [6.07, 6.45) is 5.00. The van der Waals surface area contributed by atoms with Crippen molar-refractivity contribution in [3.05, 3.63) is 47.9 Å². The minimum Gasteiger partial charge on any atom is -0.364 e. The normalized spacial score (nSPS) is 15.9. The fourth-order valence-electron chi connectivity index (χ4n) is 3.18. The van der Waals surface area contributed by atoms with Gasteiger partial charge in [-0.3, -0.25) is 9.78 Å². The second-order valence-electron chi connectivity index (χ2n) is 6.40. The topological polar surface area (TPSA) is 88.2 Å². The van der Waals surface area contributed by atoms with E-state index in [0.29, 0.717) is 6.04 Å². The van der Waals surface area contributed by atoms with Crippen LogP contribution in [-0.2, 0) is 6.42 Å². The number of primary amides is 1. The number of carbonyl (C=O) groups is 1. The second-order valence-corrected chi connectivity index (χ2v) is 6.40. The van der Waals surface area contributed by atoms with E-state index in [1.807, 2.05) is 25.4 Å². The minimum atomic E-state index is -0.553. The molecular weight excluding hydrogens is 316 g/mol. The number of piperidine rings is 1. The molecule has 25 heavy (non-hydrogen) atoms. The highest BCUT2D eigenvalue weighted by molar-refractivity contribution is 5.90. The van der Waals surface area contributed by atoms with Crippen molar-refractivity contribution in [3.63, 3.8) is 0 Å². The van der Waals surface area contributed by atoms with Crippen LogP contribution in [0, 0.1) is 0 Å². The van der Waals surface area contributed by atoms with Crippen molar-refractivity contribution in [1.29, 1.82) is 0 Å². The molecule has 0 bridgehead atoms. The summed E-state index contributed by atoms with van der Waals surface area (Å²) in [6, 6.07) is 9.93. The maximum Gasteiger partial charge on any atom is 0.269 e. The highest BCUT2D eigenvalue weighted by Crippen LogP contribution is 2.20. The molecular formula is C18H24N6O. The molecule has 0 aromatic carbocycles. The van der Waals surface area contributed by atoms with E-state index < -0.39 is 5.91 Å². The minimum absolute atomic E-state index is 0.196. The molecule has 0 aliphatic carbocycles. The first-order valence-corrected chi connectivity index (χ1v) is 8.62. The molecule has 7 heteroatoms. The standard InChI is InChI=1S/C18H24N6O/c1-23(17-6-5-16(18(19)25)21-22-17)15-8-12-24(13-9-15)11-7-14-4-2-3-10-20-14/h2-6,10,15H,7-9,11-13H2,1H3,(H2,19,25). The van der Waals surface area contributed by atoms with Crippen LogP contribution >= 0.6 is 0 Å². The third kappa shape index (κ3) is 4.51. The third-order valence-corrected chi connectivity index (χ3v) is 4.78. The zero-order chi connectivity index (χ0) is 17.6. The van der Waals surface area contributed by atoms with Gasteiger partial charge in [0.15, 0.2) is 11.5 Å². The lowest BCUT2D eigenvalue weighted by Crippen LogP contribution is -2.44. The van der Waals surface area contributed by atoms with Gasteiger partial charge in [-0.25, -0.2) is 0 Å². The van der Waals surface area contributed by atoms with Gasteiger partial charge in [0.1, 0.15) is 0 Å². The van der Waals surface area contributed by atoms with Crippen molar-refractivity contribution < 1.29 is 4.79 Å². The molecule has 0 spiro atoms. The van der Waals surface area contributed by atoms with E-state index in [1.54, 1.807) is 12.1 Å². The summed E-state index contributed by atoms with van der Waals surface area (Å²) in [5.74, 6) is 0.222. The van der Waals surface area contributed by atoms with Crippen LogP contribution in [0.2, 0.25) is 0 Å². The first kappa shape index (κ1) is 17.3. The van der Waals surface area contributed by atoms with Gasteiger partial charge in [-0.1, -0.05) is 6.07 Å². The summed E-state index contributed by atoms with van der Waals surface area (Å²) in [5, 5.41) is 8.01. The van der Waals surface area contributed by atoms with Gasteiger partial charge in [0.25, 0.3) is 5.91 Å². The van der Waals surface area contributed by atoms with Gasteiger partial charge in [-0.2, -0.15) is 0 Å². The number of aromatic nitrogens is 3. The van der Waals surface area contributed by atoms with Crippen LogP contribution in [-0.4, -0.2) is 58.7 Å². The molecule has 1 amide bonds. The van der Waals surface area contributed by atoms with Gasteiger partial charge >= 0.3 is 0 Å². The number of hydrogen-bond acceptors (Lipinski definition) is 6. The maximum atomic E-state index is 11.1. The summed E-state index contributed by atoms with van der Waals surface area (Å²) in [5.41, 5.74) is 6.54. The van der Waals surface area contributed by atoms with Gasteiger partial charge < -0.3 is 15.5 Å². The first-order chi connectivity index (χ1) is 12.1. The zero-order valence-corrected chi connectivity index (χ0v) is 14.5. The van der Waals surface area contributed by atoms with E-state index in [1.165, 1.54) is 0 Å². The molecule has 2 N–H and O–H groups in total. The van der Waals surface area contributed by atoms with Crippen LogP contribution in [0.15, 0.2) is 36.5 Å². The molecule has 0 saturated carbocycles. The molecule has 1 aliphatic rings. The molecule has 3 rings (SSSR count). The van der Waals surface area contributed by atoms with E-state index in [4.69, 9.17) is 5.73 Å². The molecule has 0 atom stereocenters. The Balaban J connectivity index is 1.48. The van der Waals surface area contributed by atoms with Crippen molar-refractivity contribution in [2.75, 3.05) is 31.6 Å². The van der Waals surface area contributed by atoms with Crippen LogP contribution in [0.3, 0.4) is 0 Å². The van der Waals surface area contributed by atoms with Gasteiger partial charge in [-0.05, 0) is 37.1 Å². The van der Waals surface area contributed by atoms with Gasteiger partial charge in [0.05, 0.1) is 0 Å². The Morgan fingerprint density at radius 3 is 2.64 bits per heavy atom. The second kappa shape index (κ2) is 8.02. The summed E-state index contributed by atoms with van der Waals surface area (Å²) >= 11 is 0. The highest BCUT2D eigenvalue weighted by Gasteiger charge is 2.23. The van der Waals surface area contributed by atoms with Crippen LogP contribution in [0.25, 0.3) is 0 Å². The molecule has 2 aromatic heterocycles. The molecule has 1 aliphatic heterocycles. The Kier molecular flexibility index (Phi) is 5.55. The number of hydrogen-bond donors (Lipinski definition) is 1. The Morgan fingerprint density at radius 2 is 2.04 bits per heavy atom. The summed E-state index contributed by atoms with van der Waals surface area (Å²) < 4.78 is 0. The highest BCUT2D eigenvalue weighted by atomic mass is 16.1. The molecule has 1 fully saturated rings. The fourth-order valence-corrected chi connectivity index (χ4v) is 3.18. The summed E-state index contributed by atoms with van der Waals surface area (Å²) in [4.78, 5) is 20.1. The molecule has 1 saturated heterocycles. The monoisotopic (exact) mass is 340 g/mol. The lowest BCUT2D eigenvalue weighted by molar-refractivity contribution is 0.0994. The Hall–Kier alpha value is -2.54. The SMILES string of the molecule is CN(c1ccc(C(N)=O)nn1)C1CCN(CCc2ccccn2)CC1. The zero-order valence-electron chi connectivity index (χ0n) is 14.5. The van der Waals surface area contributed by atoms with Crippen LogP contribution in [0.4, 0.5) is 5.82 Å². The summed E-state index contributed by atoms with van der Waals surface area (Å²) in [6.45, 7) is 3.17. The van der Waals surface area contributed by atoms with E-state index in [0.717, 1.165) is 50.4 Å². The summed E-state index contributed by atoms with van der Waals surface area (Å²) in [7, 11) is 2.03. The van der Waals surface area contributed by atoms with Gasteiger partial charge in [0.2, 0.25) is 0 Å². The quantitative estimate of drug-likeness (QED) is 0.847. The third-order valence-electron chi connectivity index (χ3n) is 4.78. The number of nitrogens with two attached hydrogens (primary N) is 1. The Morgan fingerprint density at radius 1 is 1.24 bits per heavy atom. The lowest BCUT2D eigenvalue weighted by atomic mass is 10.0. The van der Waals surface area contributed by atoms with Crippen LogP contribution in [0.1, 0.15) is 29.0 Å². The molecule has 0 unspecified atom stereocenters. The van der Waals surface area contributed by atoms with E-state index in [-0.39, 0.29) is 5.69 Å². The number of amides is 1. The fraction of sp³-hybridized carbons (Fsp3) is 0.444. The number of pyridine rings is 1. The molecule has 2 aromatic rings. The smallest absolute Gasteiger partial charge is 0.269 e. The lowest BCUT2D eigenvalue weighted by Gasteiger charge is -2.37. The average molecular weight is 340 g/mol. The van der Waals surface area contributed by atoms with Crippen molar-refractivity contribution in [2.45, 2.75) is 25.3 Å². The van der Waals surface area contributed by atoms with Crippen LogP contribution < -0.4 is 10.6 Å². The molecule has 0 radical (unpaired) electrons. The number of carbonyl (C=O) groups excluding carboxylic acids is 1. The number of rotatable bonds is 6. The number of anilines is 1. The predicted octanol–water partition coefficient (Wildman–Crippen LogP) is 1.11. The Labute approximate surface area is 147 Å². The van der Waals surface area contributed by atoms with E-state index >= 15 is 0 Å². The average Bonchev–Trinajstić information content (AvgIpc) is 2.67. The predicted molar refractivity (Wildman–Crippen MR) is 96.4 cm³/mol. The number of likely N-dealkylation sites (tertiary alicyclic amines) is 1. The van der Waals surface area contributed by atoms with Gasteiger partial charge in [0, 0.05) is 51.0 Å². The van der Waals surface area contributed by atoms with E-state index in [2.05, 4.69) is 31.0 Å². The maximum absolute atomic E-state index is 11.1. The largest absolute Gasteiger partial charge is 0.364 e. The van der Waals surface area contributed by atoms with Gasteiger partial charge in [-0.15, -0.1) is 10.2 Å². The Bertz CT molecular complexity index is 682. The van der Waals surface area contributed by atoms with Crippen LogP contribution in [0.5, 0.6) is 0 Å².